The summed E-state index contributed by atoms with van der Waals surface area (Å²) in [6.07, 6.45) is 13.1. The van der Waals surface area contributed by atoms with Crippen LogP contribution in [0.4, 0.5) is 0 Å². The van der Waals surface area contributed by atoms with Crippen LogP contribution in [0.3, 0.4) is 0 Å². The molecule has 1 unspecified atom stereocenters. The van der Waals surface area contributed by atoms with Crippen molar-refractivity contribution in [1.29, 1.82) is 5.26 Å². The Hall–Kier alpha value is -1.41. The number of benzene rings is 1. The Morgan fingerprint density at radius 2 is 1.72 bits per heavy atom. The molecule has 0 amide bonds. The van der Waals surface area contributed by atoms with Crippen molar-refractivity contribution in [2.24, 2.45) is 0 Å². The second-order valence-electron chi connectivity index (χ2n) is 8.69. The van der Waals surface area contributed by atoms with Crippen molar-refractivity contribution in [3.8, 4) is 6.07 Å². The van der Waals surface area contributed by atoms with E-state index in [0.717, 1.165) is 25.7 Å². The molecule has 1 aromatic carbocycles. The lowest BCUT2D eigenvalue weighted by molar-refractivity contribution is -0.0250. The lowest BCUT2D eigenvalue weighted by atomic mass is 10.0. The minimum absolute atomic E-state index is 0.127. The van der Waals surface area contributed by atoms with Crippen LogP contribution in [0.2, 0.25) is 0 Å². The molecule has 4 nitrogen and oxygen atoms in total. The van der Waals surface area contributed by atoms with Gasteiger partial charge in [0.2, 0.25) is 0 Å². The van der Waals surface area contributed by atoms with Crippen molar-refractivity contribution in [3.05, 3.63) is 35.9 Å². The molecule has 1 heterocycles. The first-order chi connectivity index (χ1) is 14.2. The highest BCUT2D eigenvalue weighted by Crippen LogP contribution is 2.27. The number of nitrogens with zero attached hydrogens (tertiary/aromatic N) is 2. The van der Waals surface area contributed by atoms with Crippen LogP contribution in [-0.4, -0.2) is 43.9 Å². The van der Waals surface area contributed by atoms with Crippen molar-refractivity contribution in [2.75, 3.05) is 20.6 Å². The molecule has 1 aliphatic heterocycles. The molecule has 0 spiro atoms. The SMILES string of the molecule is CN(C)CCCCCCCC[C@H](C[C@H]1CCC(CC#N)O1)OCc1ccccc1. The zero-order valence-electron chi connectivity index (χ0n) is 18.5. The molecule has 0 aliphatic carbocycles. The van der Waals surface area contributed by atoms with Crippen molar-refractivity contribution >= 4 is 0 Å². The van der Waals surface area contributed by atoms with Crippen molar-refractivity contribution in [2.45, 2.75) is 95.5 Å². The van der Waals surface area contributed by atoms with Crippen LogP contribution in [0.5, 0.6) is 0 Å². The molecular weight excluding hydrogens is 360 g/mol. The highest BCUT2D eigenvalue weighted by atomic mass is 16.5. The van der Waals surface area contributed by atoms with Crippen LogP contribution in [0.25, 0.3) is 0 Å². The lowest BCUT2D eigenvalue weighted by Crippen LogP contribution is -2.21. The molecule has 0 bridgehead atoms. The summed E-state index contributed by atoms with van der Waals surface area (Å²) in [6, 6.07) is 12.7. The second-order valence-corrected chi connectivity index (χ2v) is 8.69. The van der Waals surface area contributed by atoms with E-state index in [-0.39, 0.29) is 18.3 Å². The number of hydrogen-bond acceptors (Lipinski definition) is 4. The predicted molar refractivity (Wildman–Crippen MR) is 119 cm³/mol. The van der Waals surface area contributed by atoms with Crippen LogP contribution in [-0.2, 0) is 16.1 Å². The van der Waals surface area contributed by atoms with E-state index < -0.39 is 0 Å². The molecular formula is C25H40N2O2. The summed E-state index contributed by atoms with van der Waals surface area (Å²) in [4.78, 5) is 2.26. The Balaban J connectivity index is 1.68. The highest BCUT2D eigenvalue weighted by molar-refractivity contribution is 5.13. The first kappa shape index (κ1) is 23.9. The van der Waals surface area contributed by atoms with Gasteiger partial charge in [-0.05, 0) is 58.3 Å². The minimum atomic E-state index is 0.127. The third-order valence-corrected chi connectivity index (χ3v) is 5.75. The average Bonchev–Trinajstić information content (AvgIpc) is 3.15. The molecule has 1 aliphatic rings. The molecule has 29 heavy (non-hydrogen) atoms. The fraction of sp³-hybridized carbons (Fsp3) is 0.720. The van der Waals surface area contributed by atoms with Gasteiger partial charge in [-0.1, -0.05) is 62.4 Å². The monoisotopic (exact) mass is 400 g/mol. The number of unbranched alkanes of at least 4 members (excludes halogenated alkanes) is 5. The topological polar surface area (TPSA) is 45.5 Å². The van der Waals surface area contributed by atoms with Gasteiger partial charge in [0, 0.05) is 0 Å². The molecule has 4 heteroatoms. The molecule has 0 saturated carbocycles. The Bertz CT molecular complexity index is 570. The van der Waals surface area contributed by atoms with Gasteiger partial charge in [-0.15, -0.1) is 0 Å². The van der Waals surface area contributed by atoms with Crippen LogP contribution in [0.15, 0.2) is 30.3 Å². The van der Waals surface area contributed by atoms with Crippen LogP contribution < -0.4 is 0 Å². The molecule has 162 valence electrons. The summed E-state index contributed by atoms with van der Waals surface area (Å²) in [5, 5.41) is 8.90. The van der Waals surface area contributed by atoms with Gasteiger partial charge in [-0.25, -0.2) is 0 Å². The van der Waals surface area contributed by atoms with Crippen LogP contribution in [0.1, 0.15) is 76.2 Å². The summed E-state index contributed by atoms with van der Waals surface area (Å²) in [5.74, 6) is 0. The fourth-order valence-corrected chi connectivity index (χ4v) is 4.06. The fourth-order valence-electron chi connectivity index (χ4n) is 4.06. The van der Waals surface area contributed by atoms with Gasteiger partial charge in [-0.2, -0.15) is 5.26 Å². The van der Waals surface area contributed by atoms with E-state index in [1.54, 1.807) is 0 Å². The van der Waals surface area contributed by atoms with Crippen LogP contribution >= 0.6 is 0 Å². The molecule has 1 aromatic rings. The van der Waals surface area contributed by atoms with E-state index in [1.165, 1.54) is 50.6 Å². The molecule has 3 atom stereocenters. The zero-order chi connectivity index (χ0) is 20.7. The minimum Gasteiger partial charge on any atom is -0.374 e. The van der Waals surface area contributed by atoms with Gasteiger partial charge >= 0.3 is 0 Å². The number of rotatable bonds is 15. The van der Waals surface area contributed by atoms with Gasteiger partial charge in [-0.3, -0.25) is 0 Å². The van der Waals surface area contributed by atoms with Gasteiger partial charge < -0.3 is 14.4 Å². The first-order valence-electron chi connectivity index (χ1n) is 11.5. The summed E-state index contributed by atoms with van der Waals surface area (Å²) in [6.45, 7) is 1.87. The summed E-state index contributed by atoms with van der Waals surface area (Å²) in [5.41, 5.74) is 1.23. The van der Waals surface area contributed by atoms with Gasteiger partial charge in [0.1, 0.15) is 0 Å². The van der Waals surface area contributed by atoms with E-state index in [2.05, 4.69) is 49.3 Å². The summed E-state index contributed by atoms with van der Waals surface area (Å²) >= 11 is 0. The third-order valence-electron chi connectivity index (χ3n) is 5.75. The van der Waals surface area contributed by atoms with E-state index >= 15 is 0 Å². The largest absolute Gasteiger partial charge is 0.374 e. The van der Waals surface area contributed by atoms with Gasteiger partial charge in [0.05, 0.1) is 37.4 Å². The predicted octanol–water partition coefficient (Wildman–Crippen LogP) is 5.72. The Kier molecular flexibility index (Phi) is 12.0. The quantitative estimate of drug-likeness (QED) is 0.353. The van der Waals surface area contributed by atoms with Gasteiger partial charge in [0.15, 0.2) is 0 Å². The maximum Gasteiger partial charge on any atom is 0.0720 e. The van der Waals surface area contributed by atoms with Crippen molar-refractivity contribution in [3.63, 3.8) is 0 Å². The summed E-state index contributed by atoms with van der Waals surface area (Å²) in [7, 11) is 4.29. The Morgan fingerprint density at radius 3 is 2.45 bits per heavy atom. The van der Waals surface area contributed by atoms with Crippen molar-refractivity contribution < 1.29 is 9.47 Å². The third kappa shape index (κ3) is 10.8. The van der Waals surface area contributed by atoms with E-state index in [9.17, 15) is 0 Å². The molecule has 1 saturated heterocycles. The number of nitriles is 1. The maximum atomic E-state index is 8.90. The van der Waals surface area contributed by atoms with Crippen molar-refractivity contribution in [1.82, 2.24) is 4.90 Å². The maximum absolute atomic E-state index is 8.90. The molecule has 0 radical (unpaired) electrons. The number of ether oxygens (including phenoxy) is 2. The average molecular weight is 401 g/mol. The van der Waals surface area contributed by atoms with E-state index in [0.29, 0.717) is 13.0 Å². The molecule has 2 rings (SSSR count). The zero-order valence-corrected chi connectivity index (χ0v) is 18.5. The first-order valence-corrected chi connectivity index (χ1v) is 11.5. The van der Waals surface area contributed by atoms with E-state index in [1.807, 2.05) is 6.07 Å². The lowest BCUT2D eigenvalue weighted by Gasteiger charge is -2.22. The molecule has 0 N–H and O–H groups in total. The van der Waals surface area contributed by atoms with Gasteiger partial charge in [0.25, 0.3) is 0 Å². The second kappa shape index (κ2) is 14.6. The Morgan fingerprint density at radius 1 is 1.03 bits per heavy atom. The molecule has 1 fully saturated rings. The standard InChI is InChI=1S/C25H40N2O2/c1-27(2)19-11-6-4-3-5-10-14-24(28-21-22-12-8-7-9-13-22)20-25-16-15-23(29-25)17-18-26/h7-9,12-13,23-25H,3-6,10-11,14-17,19-21H2,1-2H3/t23?,24-,25-/m1/s1. The Labute approximate surface area is 178 Å². The molecule has 0 aromatic heterocycles. The van der Waals surface area contributed by atoms with Crippen LogP contribution in [0, 0.1) is 11.3 Å². The summed E-state index contributed by atoms with van der Waals surface area (Å²) < 4.78 is 12.4. The smallest absolute Gasteiger partial charge is 0.0720 e. The highest BCUT2D eigenvalue weighted by Gasteiger charge is 2.27. The number of hydrogen-bond donors (Lipinski definition) is 0. The normalized spacial score (nSPS) is 20.1. The van der Waals surface area contributed by atoms with E-state index in [4.69, 9.17) is 14.7 Å².